The molecule has 1 saturated carbocycles. The van der Waals surface area contributed by atoms with Gasteiger partial charge in [-0.05, 0) is 38.0 Å². The Labute approximate surface area is 210 Å². The zero-order chi connectivity index (χ0) is 26.4. The summed E-state index contributed by atoms with van der Waals surface area (Å²) in [5, 5.41) is 0. The lowest BCUT2D eigenvalue weighted by molar-refractivity contribution is -0.245. The number of hydrogen-bond acceptors (Lipinski definition) is 10. The minimum atomic E-state index is -1.18. The summed E-state index contributed by atoms with van der Waals surface area (Å²) in [7, 11) is 1.46. The van der Waals surface area contributed by atoms with Gasteiger partial charge in [-0.3, -0.25) is 19.2 Å². The number of esters is 4. The Balaban J connectivity index is 1.98. The molecule has 0 radical (unpaired) electrons. The van der Waals surface area contributed by atoms with Gasteiger partial charge < -0.3 is 28.4 Å². The van der Waals surface area contributed by atoms with Gasteiger partial charge in [-0.2, -0.15) is 0 Å². The second kappa shape index (κ2) is 12.2. The molecule has 10 heteroatoms. The van der Waals surface area contributed by atoms with Crippen LogP contribution < -0.4 is 9.47 Å². The van der Waals surface area contributed by atoms with Crippen molar-refractivity contribution in [3.05, 3.63) is 23.8 Å². The first-order valence-electron chi connectivity index (χ1n) is 12.2. The molecule has 0 N–H and O–H groups in total. The van der Waals surface area contributed by atoms with Crippen LogP contribution in [0.3, 0.4) is 0 Å². The summed E-state index contributed by atoms with van der Waals surface area (Å²) in [4.78, 5) is 48.5. The molecule has 5 atom stereocenters. The van der Waals surface area contributed by atoms with Crippen molar-refractivity contribution in [2.24, 2.45) is 5.92 Å². The van der Waals surface area contributed by atoms with Crippen molar-refractivity contribution in [3.8, 4) is 11.5 Å². The second-order valence-electron chi connectivity index (χ2n) is 9.14. The van der Waals surface area contributed by atoms with E-state index in [0.717, 1.165) is 32.1 Å². The summed E-state index contributed by atoms with van der Waals surface area (Å²) in [5.41, 5.74) is 0.419. The molecule has 3 rings (SSSR count). The van der Waals surface area contributed by atoms with Gasteiger partial charge in [-0.25, -0.2) is 0 Å². The Morgan fingerprint density at radius 2 is 1.42 bits per heavy atom. The first-order chi connectivity index (χ1) is 17.1. The molecule has 0 bridgehead atoms. The topological polar surface area (TPSA) is 124 Å². The second-order valence-corrected chi connectivity index (χ2v) is 9.14. The molecule has 0 aromatic heterocycles. The van der Waals surface area contributed by atoms with Gasteiger partial charge in [0.2, 0.25) is 0 Å². The number of benzene rings is 1. The third-order valence-corrected chi connectivity index (χ3v) is 6.34. The standard InChI is InChI=1S/C26H34O10/c1-14-22(33-15(2)27)24(34-16(3)28)25(35-17(4)29)23(32-14)20-13-19(11-12-21(20)31-5)36-26(30)18-9-7-6-8-10-18/h11-14,18,22-25H,6-10H2,1-5H3/t14-,22+,23-,24+,25+/m0/s1. The molecule has 2 fully saturated rings. The monoisotopic (exact) mass is 506 g/mol. The molecule has 1 aliphatic heterocycles. The highest BCUT2D eigenvalue weighted by Crippen LogP contribution is 2.42. The van der Waals surface area contributed by atoms with Gasteiger partial charge in [-0.15, -0.1) is 0 Å². The molecular weight excluding hydrogens is 472 g/mol. The van der Waals surface area contributed by atoms with Gasteiger partial charge in [0.05, 0.1) is 19.1 Å². The van der Waals surface area contributed by atoms with E-state index < -0.39 is 48.4 Å². The average molecular weight is 507 g/mol. The molecule has 198 valence electrons. The Morgan fingerprint density at radius 3 is 2.00 bits per heavy atom. The SMILES string of the molecule is COc1ccc(OC(=O)C2CCCCC2)cc1[C@@H]1O[C@@H](C)[C@@H](OC(C)=O)[C@@H](OC(C)=O)[C@@H]1OC(C)=O. The first kappa shape index (κ1) is 27.4. The third-order valence-electron chi connectivity index (χ3n) is 6.34. The van der Waals surface area contributed by atoms with Crippen molar-refractivity contribution in [3.63, 3.8) is 0 Å². The van der Waals surface area contributed by atoms with Crippen molar-refractivity contribution >= 4 is 23.9 Å². The summed E-state index contributed by atoms with van der Waals surface area (Å²) in [6.45, 7) is 5.29. The first-order valence-corrected chi connectivity index (χ1v) is 12.2. The van der Waals surface area contributed by atoms with Crippen molar-refractivity contribution < 1.29 is 47.6 Å². The van der Waals surface area contributed by atoms with Crippen LogP contribution in [0.2, 0.25) is 0 Å². The summed E-state index contributed by atoms with van der Waals surface area (Å²) in [6, 6.07) is 4.82. The molecule has 1 aromatic rings. The van der Waals surface area contributed by atoms with E-state index in [1.807, 2.05) is 0 Å². The molecule has 1 heterocycles. The van der Waals surface area contributed by atoms with Gasteiger partial charge >= 0.3 is 23.9 Å². The van der Waals surface area contributed by atoms with Crippen molar-refractivity contribution in [2.75, 3.05) is 7.11 Å². The Morgan fingerprint density at radius 1 is 0.833 bits per heavy atom. The summed E-state index contributed by atoms with van der Waals surface area (Å²) >= 11 is 0. The van der Waals surface area contributed by atoms with Crippen LogP contribution in [0.5, 0.6) is 11.5 Å². The van der Waals surface area contributed by atoms with E-state index in [9.17, 15) is 19.2 Å². The average Bonchev–Trinajstić information content (AvgIpc) is 2.82. The predicted molar refractivity (Wildman–Crippen MR) is 125 cm³/mol. The van der Waals surface area contributed by atoms with E-state index in [1.54, 1.807) is 25.1 Å². The van der Waals surface area contributed by atoms with Gasteiger partial charge in [-0.1, -0.05) is 19.3 Å². The normalized spacial score (nSPS) is 26.4. The van der Waals surface area contributed by atoms with E-state index >= 15 is 0 Å². The minimum absolute atomic E-state index is 0.151. The number of methoxy groups -OCH3 is 1. The lowest BCUT2D eigenvalue weighted by Crippen LogP contribution is -2.57. The minimum Gasteiger partial charge on any atom is -0.496 e. The predicted octanol–water partition coefficient (Wildman–Crippen LogP) is 3.44. The van der Waals surface area contributed by atoms with Crippen LogP contribution in [-0.2, 0) is 38.1 Å². The Bertz CT molecular complexity index is 967. The van der Waals surface area contributed by atoms with E-state index in [1.165, 1.54) is 27.9 Å². The summed E-state index contributed by atoms with van der Waals surface area (Å²) in [6.07, 6.45) is -0.390. The highest BCUT2D eigenvalue weighted by molar-refractivity contribution is 5.75. The van der Waals surface area contributed by atoms with Gasteiger partial charge in [0.1, 0.15) is 17.6 Å². The number of hydrogen-bond donors (Lipinski definition) is 0. The molecule has 36 heavy (non-hydrogen) atoms. The van der Waals surface area contributed by atoms with Crippen LogP contribution in [0.15, 0.2) is 18.2 Å². The van der Waals surface area contributed by atoms with E-state index in [-0.39, 0.29) is 17.6 Å². The summed E-state index contributed by atoms with van der Waals surface area (Å²) in [5.74, 6) is -1.69. The third kappa shape index (κ3) is 6.75. The smallest absolute Gasteiger partial charge is 0.314 e. The van der Waals surface area contributed by atoms with Gasteiger partial charge in [0.25, 0.3) is 0 Å². The fourth-order valence-electron chi connectivity index (χ4n) is 4.80. The molecule has 0 spiro atoms. The molecule has 1 aliphatic carbocycles. The molecule has 1 saturated heterocycles. The van der Waals surface area contributed by atoms with Crippen molar-refractivity contribution in [2.45, 2.75) is 90.3 Å². The quantitative estimate of drug-likeness (QED) is 0.309. The Kier molecular flexibility index (Phi) is 9.31. The van der Waals surface area contributed by atoms with Crippen molar-refractivity contribution in [1.29, 1.82) is 0 Å². The lowest BCUT2D eigenvalue weighted by atomic mass is 9.89. The molecule has 1 aromatic carbocycles. The van der Waals surface area contributed by atoms with Crippen molar-refractivity contribution in [1.82, 2.24) is 0 Å². The van der Waals surface area contributed by atoms with Crippen LogP contribution in [0.1, 0.15) is 71.5 Å². The highest BCUT2D eigenvalue weighted by Gasteiger charge is 2.51. The van der Waals surface area contributed by atoms with E-state index in [2.05, 4.69) is 0 Å². The zero-order valence-electron chi connectivity index (χ0n) is 21.3. The fourth-order valence-corrected chi connectivity index (χ4v) is 4.80. The Hall–Kier alpha value is -3.14. The van der Waals surface area contributed by atoms with Crippen LogP contribution in [0.25, 0.3) is 0 Å². The molecule has 0 amide bonds. The molecule has 2 aliphatic rings. The number of carbonyl (C=O) groups is 4. The van der Waals surface area contributed by atoms with Gasteiger partial charge in [0.15, 0.2) is 18.3 Å². The van der Waals surface area contributed by atoms with Crippen LogP contribution >= 0.6 is 0 Å². The van der Waals surface area contributed by atoms with Crippen LogP contribution in [0, 0.1) is 5.92 Å². The maximum atomic E-state index is 12.7. The maximum absolute atomic E-state index is 12.7. The largest absolute Gasteiger partial charge is 0.496 e. The van der Waals surface area contributed by atoms with Gasteiger partial charge in [0, 0.05) is 26.3 Å². The fraction of sp³-hybridized carbons (Fsp3) is 0.615. The zero-order valence-corrected chi connectivity index (χ0v) is 21.3. The maximum Gasteiger partial charge on any atom is 0.314 e. The number of rotatable bonds is 7. The van der Waals surface area contributed by atoms with Crippen LogP contribution in [0.4, 0.5) is 0 Å². The molecular formula is C26H34O10. The highest BCUT2D eigenvalue weighted by atomic mass is 16.6. The summed E-state index contributed by atoms with van der Waals surface area (Å²) < 4.78 is 33.8. The molecule has 10 nitrogen and oxygen atoms in total. The lowest BCUT2D eigenvalue weighted by Gasteiger charge is -2.44. The van der Waals surface area contributed by atoms with Crippen LogP contribution in [-0.4, -0.2) is 55.4 Å². The van der Waals surface area contributed by atoms with E-state index in [0.29, 0.717) is 11.3 Å². The number of carbonyl (C=O) groups excluding carboxylic acids is 4. The van der Waals surface area contributed by atoms with E-state index in [4.69, 9.17) is 28.4 Å². The number of ether oxygens (including phenoxy) is 6. The molecule has 0 unspecified atom stereocenters.